The molecule has 3 aromatic rings. The lowest BCUT2D eigenvalue weighted by atomic mass is 10.2. The Balaban J connectivity index is 2.17. The Bertz CT molecular complexity index is 1050. The largest absolute Gasteiger partial charge is 0.496 e. The summed E-state index contributed by atoms with van der Waals surface area (Å²) in [7, 11) is 1.57. The molecule has 0 bridgehead atoms. The zero-order chi connectivity index (χ0) is 18.7. The average Bonchev–Trinajstić information content (AvgIpc) is 2.62. The van der Waals surface area contributed by atoms with Crippen LogP contribution in [0.4, 0.5) is 0 Å². The Morgan fingerprint density at radius 1 is 1.31 bits per heavy atom. The van der Waals surface area contributed by atoms with Crippen LogP contribution in [-0.2, 0) is 6.42 Å². The molecule has 1 aromatic heterocycles. The summed E-state index contributed by atoms with van der Waals surface area (Å²) in [6, 6.07) is 10.7. The molecule has 3 rings (SSSR count). The van der Waals surface area contributed by atoms with Crippen LogP contribution in [-0.4, -0.2) is 23.0 Å². The zero-order valence-electron chi connectivity index (χ0n) is 14.4. The molecule has 0 unspecified atom stereocenters. The van der Waals surface area contributed by atoms with E-state index in [0.717, 1.165) is 10.9 Å². The maximum Gasteiger partial charge on any atom is 0.282 e. The average molecular weight is 435 g/mol. The highest BCUT2D eigenvalue weighted by atomic mass is 79.9. The lowest BCUT2D eigenvalue weighted by Crippen LogP contribution is -2.22. The second-order valence-electron chi connectivity index (χ2n) is 5.69. The molecule has 0 fully saturated rings. The summed E-state index contributed by atoms with van der Waals surface area (Å²) in [5.74, 6) is 1.24. The normalized spacial score (nSPS) is 11.4. The molecule has 134 valence electrons. The molecular formula is C19H17BrClN3O2. The van der Waals surface area contributed by atoms with Crippen LogP contribution in [0.25, 0.3) is 10.9 Å². The van der Waals surface area contributed by atoms with E-state index in [0.29, 0.717) is 39.5 Å². The SMILES string of the molecule is CCCc1nc2ccc(Br)cc2c(=O)n1N=Cc1cc(Cl)ccc1OC. The predicted molar refractivity (Wildman–Crippen MR) is 109 cm³/mol. The summed E-state index contributed by atoms with van der Waals surface area (Å²) in [5.41, 5.74) is 1.13. The highest BCUT2D eigenvalue weighted by Crippen LogP contribution is 2.21. The fourth-order valence-corrected chi connectivity index (χ4v) is 3.17. The molecule has 0 atom stereocenters. The van der Waals surface area contributed by atoms with Gasteiger partial charge in [0.25, 0.3) is 5.56 Å². The molecule has 5 nitrogen and oxygen atoms in total. The number of hydrogen-bond acceptors (Lipinski definition) is 4. The predicted octanol–water partition coefficient (Wildman–Crippen LogP) is 4.66. The first-order valence-electron chi connectivity index (χ1n) is 8.12. The van der Waals surface area contributed by atoms with Gasteiger partial charge in [0.05, 0.1) is 24.2 Å². The monoisotopic (exact) mass is 433 g/mol. The van der Waals surface area contributed by atoms with Crippen LogP contribution in [0.2, 0.25) is 5.02 Å². The number of nitrogens with zero attached hydrogens (tertiary/aromatic N) is 3. The molecule has 0 N–H and O–H groups in total. The van der Waals surface area contributed by atoms with Crippen molar-refractivity contribution in [1.29, 1.82) is 0 Å². The van der Waals surface area contributed by atoms with Gasteiger partial charge in [-0.15, -0.1) is 0 Å². The molecule has 0 amide bonds. The minimum Gasteiger partial charge on any atom is -0.496 e. The molecule has 2 aromatic carbocycles. The summed E-state index contributed by atoms with van der Waals surface area (Å²) in [5, 5.41) is 5.46. The summed E-state index contributed by atoms with van der Waals surface area (Å²) in [4.78, 5) is 17.6. The van der Waals surface area contributed by atoms with Crippen LogP contribution in [0.3, 0.4) is 0 Å². The number of ether oxygens (including phenoxy) is 1. The first-order chi connectivity index (χ1) is 12.5. The number of rotatable bonds is 5. The molecule has 0 spiro atoms. The molecule has 0 saturated carbocycles. The van der Waals surface area contributed by atoms with Gasteiger partial charge in [-0.25, -0.2) is 4.98 Å². The highest BCUT2D eigenvalue weighted by molar-refractivity contribution is 9.10. The van der Waals surface area contributed by atoms with Crippen LogP contribution in [0.15, 0.2) is 50.8 Å². The van der Waals surface area contributed by atoms with Crippen molar-refractivity contribution in [1.82, 2.24) is 9.66 Å². The van der Waals surface area contributed by atoms with Gasteiger partial charge in [0.15, 0.2) is 0 Å². The molecule has 0 aliphatic carbocycles. The summed E-state index contributed by atoms with van der Waals surface area (Å²) in [6.45, 7) is 2.03. The maximum absolute atomic E-state index is 13.0. The van der Waals surface area contributed by atoms with Crippen LogP contribution >= 0.6 is 27.5 Å². The first kappa shape index (κ1) is 18.6. The fraction of sp³-hybridized carbons (Fsp3) is 0.211. The standard InChI is InChI=1S/C19H17BrClN3O2/c1-3-4-18-23-16-7-5-13(20)10-15(16)19(25)24(18)22-11-12-9-14(21)6-8-17(12)26-2/h5-11H,3-4H2,1-2H3. The van der Waals surface area contributed by atoms with Crippen LogP contribution in [0.5, 0.6) is 5.75 Å². The fourth-order valence-electron chi connectivity index (χ4n) is 2.63. The van der Waals surface area contributed by atoms with Crippen LogP contribution < -0.4 is 10.3 Å². The smallest absolute Gasteiger partial charge is 0.282 e. The van der Waals surface area contributed by atoms with Crippen molar-refractivity contribution >= 4 is 44.6 Å². The van der Waals surface area contributed by atoms with E-state index in [9.17, 15) is 4.79 Å². The third-order valence-corrected chi connectivity index (χ3v) is 4.58. The number of benzene rings is 2. The molecular weight excluding hydrogens is 418 g/mol. The van der Waals surface area contributed by atoms with E-state index in [1.807, 2.05) is 19.1 Å². The van der Waals surface area contributed by atoms with E-state index in [2.05, 4.69) is 26.0 Å². The van der Waals surface area contributed by atoms with Gasteiger partial charge in [-0.3, -0.25) is 4.79 Å². The van der Waals surface area contributed by atoms with E-state index in [4.69, 9.17) is 16.3 Å². The molecule has 0 aliphatic heterocycles. The lowest BCUT2D eigenvalue weighted by Gasteiger charge is -2.09. The van der Waals surface area contributed by atoms with Gasteiger partial charge in [-0.2, -0.15) is 9.78 Å². The Kier molecular flexibility index (Phi) is 5.74. The number of aromatic nitrogens is 2. The number of methoxy groups -OCH3 is 1. The van der Waals surface area contributed by atoms with E-state index in [-0.39, 0.29) is 5.56 Å². The van der Waals surface area contributed by atoms with Gasteiger partial charge in [0.2, 0.25) is 0 Å². The third-order valence-electron chi connectivity index (χ3n) is 3.85. The molecule has 0 aliphatic rings. The minimum atomic E-state index is -0.211. The van der Waals surface area contributed by atoms with E-state index in [1.165, 1.54) is 4.68 Å². The van der Waals surface area contributed by atoms with E-state index in [1.54, 1.807) is 37.6 Å². The van der Waals surface area contributed by atoms with Crippen molar-refractivity contribution in [2.75, 3.05) is 7.11 Å². The topological polar surface area (TPSA) is 56.5 Å². The second-order valence-corrected chi connectivity index (χ2v) is 7.04. The van der Waals surface area contributed by atoms with Crippen molar-refractivity contribution in [2.24, 2.45) is 5.10 Å². The summed E-state index contributed by atoms with van der Waals surface area (Å²) >= 11 is 9.46. The Morgan fingerprint density at radius 3 is 2.85 bits per heavy atom. The molecule has 0 saturated heterocycles. The lowest BCUT2D eigenvalue weighted by molar-refractivity contribution is 0.414. The summed E-state index contributed by atoms with van der Waals surface area (Å²) < 4.78 is 7.49. The van der Waals surface area contributed by atoms with Crippen LogP contribution in [0, 0.1) is 0 Å². The molecule has 26 heavy (non-hydrogen) atoms. The zero-order valence-corrected chi connectivity index (χ0v) is 16.7. The Hall–Kier alpha value is -2.18. The van der Waals surface area contributed by atoms with Gasteiger partial charge in [0, 0.05) is 21.5 Å². The van der Waals surface area contributed by atoms with Gasteiger partial charge in [-0.05, 0) is 42.8 Å². The van der Waals surface area contributed by atoms with Gasteiger partial charge in [-0.1, -0.05) is 34.5 Å². The second kappa shape index (κ2) is 8.01. The van der Waals surface area contributed by atoms with Crippen molar-refractivity contribution in [2.45, 2.75) is 19.8 Å². The van der Waals surface area contributed by atoms with Crippen molar-refractivity contribution in [3.63, 3.8) is 0 Å². The van der Waals surface area contributed by atoms with Crippen molar-refractivity contribution in [3.05, 3.63) is 67.6 Å². The minimum absolute atomic E-state index is 0.211. The summed E-state index contributed by atoms with van der Waals surface area (Å²) in [6.07, 6.45) is 3.06. The third kappa shape index (κ3) is 3.81. The number of fused-ring (bicyclic) bond motifs is 1. The quantitative estimate of drug-likeness (QED) is 0.549. The van der Waals surface area contributed by atoms with Gasteiger partial charge in [0.1, 0.15) is 11.6 Å². The number of aryl methyl sites for hydroxylation is 1. The molecule has 0 radical (unpaired) electrons. The maximum atomic E-state index is 13.0. The highest BCUT2D eigenvalue weighted by Gasteiger charge is 2.11. The number of halogens is 2. The van der Waals surface area contributed by atoms with Gasteiger partial charge < -0.3 is 4.74 Å². The number of hydrogen-bond donors (Lipinski definition) is 0. The molecule has 7 heteroatoms. The molecule has 1 heterocycles. The van der Waals surface area contributed by atoms with E-state index >= 15 is 0 Å². The first-order valence-corrected chi connectivity index (χ1v) is 9.29. The van der Waals surface area contributed by atoms with Crippen molar-refractivity contribution in [3.8, 4) is 5.75 Å². The van der Waals surface area contributed by atoms with Gasteiger partial charge >= 0.3 is 0 Å². The van der Waals surface area contributed by atoms with E-state index < -0.39 is 0 Å². The Morgan fingerprint density at radius 2 is 2.12 bits per heavy atom. The van der Waals surface area contributed by atoms with Crippen molar-refractivity contribution < 1.29 is 4.74 Å². The Labute approximate surface area is 164 Å². The van der Waals surface area contributed by atoms with Crippen LogP contribution in [0.1, 0.15) is 24.7 Å².